The summed E-state index contributed by atoms with van der Waals surface area (Å²) < 4.78 is 7.45. The Bertz CT molecular complexity index is 1600. The van der Waals surface area contributed by atoms with E-state index in [0.29, 0.717) is 37.7 Å². The minimum atomic E-state index is -0.374. The van der Waals surface area contributed by atoms with Crippen LogP contribution in [0.3, 0.4) is 0 Å². The number of ether oxygens (including phenoxy) is 1. The van der Waals surface area contributed by atoms with Crippen LogP contribution in [0.25, 0.3) is 11.0 Å². The van der Waals surface area contributed by atoms with Crippen molar-refractivity contribution in [3.8, 4) is 0 Å². The van der Waals surface area contributed by atoms with Crippen LogP contribution in [-0.2, 0) is 30.8 Å². The second-order valence-corrected chi connectivity index (χ2v) is 10.8. The predicted octanol–water partition coefficient (Wildman–Crippen LogP) is 4.82. The van der Waals surface area contributed by atoms with Gasteiger partial charge in [0.2, 0.25) is 0 Å². The molecule has 0 bridgehead atoms. The van der Waals surface area contributed by atoms with Gasteiger partial charge >= 0.3 is 0 Å². The number of carbonyl (C=O) groups excluding carboxylic acids is 2. The molecule has 0 spiro atoms. The van der Waals surface area contributed by atoms with E-state index in [9.17, 15) is 9.59 Å². The third-order valence-electron chi connectivity index (χ3n) is 7.49. The van der Waals surface area contributed by atoms with Crippen LogP contribution < -0.4 is 16.0 Å². The van der Waals surface area contributed by atoms with Crippen molar-refractivity contribution in [2.45, 2.75) is 65.7 Å². The van der Waals surface area contributed by atoms with E-state index in [2.05, 4.69) is 33.0 Å². The van der Waals surface area contributed by atoms with Crippen LogP contribution in [0, 0.1) is 6.92 Å². The van der Waals surface area contributed by atoms with Gasteiger partial charge < -0.3 is 20.7 Å². The molecule has 10 nitrogen and oxygen atoms in total. The quantitative estimate of drug-likeness (QED) is 0.242. The Morgan fingerprint density at radius 2 is 1.74 bits per heavy atom. The second-order valence-electron chi connectivity index (χ2n) is 10.4. The molecule has 0 unspecified atom stereocenters. The molecule has 11 heteroatoms. The second kappa shape index (κ2) is 13.3. The first-order chi connectivity index (χ1) is 20.4. The van der Waals surface area contributed by atoms with Gasteiger partial charge in [0.1, 0.15) is 11.4 Å². The smallest absolute Gasteiger partial charge is 0.270 e. The van der Waals surface area contributed by atoms with E-state index in [1.165, 1.54) is 0 Å². The minimum Gasteiger partial charge on any atom is -0.381 e. The number of carbonyl (C=O) groups is 2. The molecular formula is C31H36ClN7O3. The SMILES string of the molecule is CCc1nc2c(cnn2CC)c(NC2CCOCC2)c1CNC(=O)c1cccc(C(=O)NCc2ccc(Cl)c(C)c2)n1. The zero-order valence-corrected chi connectivity index (χ0v) is 24.9. The number of amides is 2. The summed E-state index contributed by atoms with van der Waals surface area (Å²) in [5.74, 6) is -0.738. The third kappa shape index (κ3) is 6.55. The summed E-state index contributed by atoms with van der Waals surface area (Å²) in [5, 5.41) is 15.7. The van der Waals surface area contributed by atoms with Crippen molar-refractivity contribution in [1.29, 1.82) is 0 Å². The van der Waals surface area contributed by atoms with E-state index >= 15 is 0 Å². The first-order valence-corrected chi connectivity index (χ1v) is 14.8. The molecule has 1 fully saturated rings. The Balaban J connectivity index is 1.33. The number of benzene rings is 1. The molecule has 0 aliphatic carbocycles. The van der Waals surface area contributed by atoms with Crippen molar-refractivity contribution in [2.24, 2.45) is 0 Å². The number of aryl methyl sites for hydroxylation is 3. The number of hydrogen-bond donors (Lipinski definition) is 3. The van der Waals surface area contributed by atoms with Crippen LogP contribution in [0.1, 0.15) is 70.1 Å². The van der Waals surface area contributed by atoms with E-state index in [0.717, 1.165) is 51.9 Å². The lowest BCUT2D eigenvalue weighted by Gasteiger charge is -2.26. The highest BCUT2D eigenvalue weighted by Gasteiger charge is 2.22. The van der Waals surface area contributed by atoms with E-state index in [1.54, 1.807) is 24.3 Å². The van der Waals surface area contributed by atoms with E-state index in [-0.39, 0.29) is 35.8 Å². The Kier molecular flexibility index (Phi) is 9.34. The van der Waals surface area contributed by atoms with Gasteiger partial charge in [-0.1, -0.05) is 36.7 Å². The van der Waals surface area contributed by atoms with Gasteiger partial charge in [-0.15, -0.1) is 0 Å². The van der Waals surface area contributed by atoms with Gasteiger partial charge in [0, 0.05) is 55.2 Å². The van der Waals surface area contributed by atoms with Gasteiger partial charge in [0.15, 0.2) is 5.65 Å². The number of hydrogen-bond acceptors (Lipinski definition) is 7. The Morgan fingerprint density at radius 3 is 2.40 bits per heavy atom. The summed E-state index contributed by atoms with van der Waals surface area (Å²) in [4.78, 5) is 35.4. The van der Waals surface area contributed by atoms with E-state index in [1.807, 2.05) is 36.9 Å². The van der Waals surface area contributed by atoms with Crippen molar-refractivity contribution in [3.05, 3.63) is 81.4 Å². The summed E-state index contributed by atoms with van der Waals surface area (Å²) in [6.45, 7) is 8.71. The van der Waals surface area contributed by atoms with Crippen molar-refractivity contribution >= 4 is 40.1 Å². The average Bonchev–Trinajstić information content (AvgIpc) is 3.44. The summed E-state index contributed by atoms with van der Waals surface area (Å²) in [7, 11) is 0. The highest BCUT2D eigenvalue weighted by molar-refractivity contribution is 6.31. The van der Waals surface area contributed by atoms with Gasteiger partial charge in [0.05, 0.1) is 17.3 Å². The molecule has 1 saturated heterocycles. The Hall–Kier alpha value is -4.02. The maximum Gasteiger partial charge on any atom is 0.270 e. The molecule has 1 aliphatic rings. The van der Waals surface area contributed by atoms with Gasteiger partial charge in [-0.25, -0.2) is 14.6 Å². The highest BCUT2D eigenvalue weighted by atomic mass is 35.5. The Morgan fingerprint density at radius 1 is 1.02 bits per heavy atom. The van der Waals surface area contributed by atoms with Crippen LogP contribution in [0.2, 0.25) is 5.02 Å². The molecule has 4 aromatic rings. The van der Waals surface area contributed by atoms with Crippen molar-refractivity contribution in [2.75, 3.05) is 18.5 Å². The molecule has 0 radical (unpaired) electrons. The summed E-state index contributed by atoms with van der Waals surface area (Å²) in [6.07, 6.45) is 4.33. The Labute approximate surface area is 250 Å². The van der Waals surface area contributed by atoms with Crippen LogP contribution in [0.4, 0.5) is 5.69 Å². The van der Waals surface area contributed by atoms with Crippen LogP contribution >= 0.6 is 11.6 Å². The monoisotopic (exact) mass is 589 g/mol. The zero-order chi connectivity index (χ0) is 29.6. The zero-order valence-electron chi connectivity index (χ0n) is 24.2. The van der Waals surface area contributed by atoms with Crippen LogP contribution in [-0.4, -0.2) is 50.8 Å². The fourth-order valence-corrected chi connectivity index (χ4v) is 5.25. The summed E-state index contributed by atoms with van der Waals surface area (Å²) in [6, 6.07) is 10.7. The number of fused-ring (bicyclic) bond motifs is 1. The topological polar surface area (TPSA) is 123 Å². The number of aromatic nitrogens is 4. The molecule has 3 aromatic heterocycles. The molecule has 1 aromatic carbocycles. The van der Waals surface area contributed by atoms with Crippen LogP contribution in [0.15, 0.2) is 42.6 Å². The lowest BCUT2D eigenvalue weighted by molar-refractivity contribution is 0.0904. The van der Waals surface area contributed by atoms with Crippen LogP contribution in [0.5, 0.6) is 0 Å². The number of anilines is 1. The van der Waals surface area contributed by atoms with Crippen molar-refractivity contribution < 1.29 is 14.3 Å². The maximum atomic E-state index is 13.3. The minimum absolute atomic E-state index is 0.162. The van der Waals surface area contributed by atoms with Crippen molar-refractivity contribution in [1.82, 2.24) is 30.4 Å². The largest absolute Gasteiger partial charge is 0.381 e. The number of halogens is 1. The normalized spacial score (nSPS) is 13.7. The molecule has 2 amide bonds. The van der Waals surface area contributed by atoms with Gasteiger partial charge in [0.25, 0.3) is 11.8 Å². The average molecular weight is 590 g/mol. The molecule has 5 rings (SSSR count). The fourth-order valence-electron chi connectivity index (χ4n) is 5.14. The van der Waals surface area contributed by atoms with Crippen molar-refractivity contribution in [3.63, 3.8) is 0 Å². The predicted molar refractivity (Wildman–Crippen MR) is 163 cm³/mol. The molecule has 220 valence electrons. The molecule has 42 heavy (non-hydrogen) atoms. The number of nitrogens with one attached hydrogen (secondary N) is 3. The van der Waals surface area contributed by atoms with E-state index in [4.69, 9.17) is 21.3 Å². The number of rotatable bonds is 10. The van der Waals surface area contributed by atoms with E-state index < -0.39 is 0 Å². The van der Waals surface area contributed by atoms with Gasteiger partial charge in [-0.2, -0.15) is 5.10 Å². The standard InChI is InChI=1S/C31H36ClN7O3/c1-4-25-22(28(36-21-11-13-42-14-12-21)23-18-35-39(5-2)29(23)38-25)17-34-31(41)27-8-6-7-26(37-27)30(40)33-16-20-9-10-24(32)19(3)15-20/h6-10,15,18,21H,4-5,11-14,16-17H2,1-3H3,(H,33,40)(H,34,41)(H,36,38). The van der Waals surface area contributed by atoms with Gasteiger partial charge in [-0.3, -0.25) is 9.59 Å². The molecule has 0 atom stereocenters. The lowest BCUT2D eigenvalue weighted by atomic mass is 10.0. The number of pyridine rings is 2. The first kappa shape index (κ1) is 29.5. The molecule has 3 N–H and O–H groups in total. The van der Waals surface area contributed by atoms with Gasteiger partial charge in [-0.05, 0) is 62.4 Å². The molecule has 1 aliphatic heterocycles. The third-order valence-corrected chi connectivity index (χ3v) is 7.92. The first-order valence-electron chi connectivity index (χ1n) is 14.4. The summed E-state index contributed by atoms with van der Waals surface area (Å²) in [5.41, 5.74) is 5.78. The maximum absolute atomic E-state index is 13.3. The molecular weight excluding hydrogens is 554 g/mol. The lowest BCUT2D eigenvalue weighted by Crippen LogP contribution is -2.30. The summed E-state index contributed by atoms with van der Waals surface area (Å²) >= 11 is 6.10. The molecule has 4 heterocycles. The molecule has 0 saturated carbocycles. The number of nitrogens with zero attached hydrogens (tertiary/aromatic N) is 4. The highest BCUT2D eigenvalue weighted by Crippen LogP contribution is 2.31. The fraction of sp³-hybridized carbons (Fsp3) is 0.387.